The number of halogens is 1. The Morgan fingerprint density at radius 1 is 1.52 bits per heavy atom. The predicted molar refractivity (Wildman–Crippen MR) is 71.7 cm³/mol. The van der Waals surface area contributed by atoms with E-state index in [0.29, 0.717) is 13.2 Å². The van der Waals surface area contributed by atoms with E-state index in [-0.39, 0.29) is 23.7 Å². The zero-order valence-corrected chi connectivity index (χ0v) is 12.3. The van der Waals surface area contributed by atoms with Gasteiger partial charge in [0.15, 0.2) is 0 Å². The van der Waals surface area contributed by atoms with E-state index in [1.807, 2.05) is 0 Å². The Kier molecular flexibility index (Phi) is 4.60. The van der Waals surface area contributed by atoms with Gasteiger partial charge in [0.2, 0.25) is 10.0 Å². The van der Waals surface area contributed by atoms with Crippen LogP contribution in [0.1, 0.15) is 22.3 Å². The second-order valence-electron chi connectivity index (χ2n) is 4.95. The zero-order valence-electron chi connectivity index (χ0n) is 11.5. The number of hydrogen-bond donors (Lipinski definition) is 1. The van der Waals surface area contributed by atoms with E-state index in [0.717, 1.165) is 18.6 Å². The summed E-state index contributed by atoms with van der Waals surface area (Å²) in [6.07, 6.45) is 0.790. The van der Waals surface area contributed by atoms with Crippen molar-refractivity contribution in [3.8, 4) is 0 Å². The molecule has 8 heteroatoms. The number of primary sulfonamides is 1. The lowest BCUT2D eigenvalue weighted by molar-refractivity contribution is 0.0427. The molecule has 0 aliphatic carbocycles. The minimum absolute atomic E-state index is 0.113. The molecule has 0 saturated carbocycles. The fourth-order valence-electron chi connectivity index (χ4n) is 2.06. The van der Waals surface area contributed by atoms with Crippen molar-refractivity contribution in [2.75, 3.05) is 19.8 Å². The summed E-state index contributed by atoms with van der Waals surface area (Å²) in [5.41, 5.74) is -0.306. The summed E-state index contributed by atoms with van der Waals surface area (Å²) in [6, 6.07) is 1.97. The van der Waals surface area contributed by atoms with Crippen LogP contribution in [0.4, 0.5) is 4.39 Å². The number of hydrogen-bond acceptors (Lipinski definition) is 5. The Hall–Kier alpha value is -1.51. The zero-order chi connectivity index (χ0) is 15.6. The highest BCUT2D eigenvalue weighted by atomic mass is 32.2. The molecular formula is C13H16FNO5S. The number of benzene rings is 1. The van der Waals surface area contributed by atoms with Gasteiger partial charge in [0.1, 0.15) is 5.82 Å². The molecule has 1 saturated heterocycles. The van der Waals surface area contributed by atoms with E-state index in [9.17, 15) is 17.6 Å². The summed E-state index contributed by atoms with van der Waals surface area (Å²) in [5.74, 6) is -1.50. The molecular weight excluding hydrogens is 301 g/mol. The minimum atomic E-state index is -4.11. The summed E-state index contributed by atoms with van der Waals surface area (Å²) in [4.78, 5) is 11.5. The molecule has 0 amide bonds. The Morgan fingerprint density at radius 2 is 2.24 bits per heavy atom. The van der Waals surface area contributed by atoms with Crippen LogP contribution in [0.15, 0.2) is 17.0 Å². The minimum Gasteiger partial charge on any atom is -0.462 e. The van der Waals surface area contributed by atoms with Crippen LogP contribution in [0.3, 0.4) is 0 Å². The first kappa shape index (κ1) is 15.9. The molecule has 21 heavy (non-hydrogen) atoms. The van der Waals surface area contributed by atoms with E-state index < -0.39 is 26.7 Å². The molecule has 1 heterocycles. The summed E-state index contributed by atoms with van der Waals surface area (Å²) < 4.78 is 46.7. The van der Waals surface area contributed by atoms with Crippen LogP contribution < -0.4 is 5.14 Å². The van der Waals surface area contributed by atoms with Gasteiger partial charge in [-0.3, -0.25) is 0 Å². The van der Waals surface area contributed by atoms with Crippen LogP contribution in [0.5, 0.6) is 0 Å². The van der Waals surface area contributed by atoms with Gasteiger partial charge in [-0.25, -0.2) is 22.7 Å². The van der Waals surface area contributed by atoms with Gasteiger partial charge >= 0.3 is 5.97 Å². The molecule has 1 unspecified atom stereocenters. The first-order valence-electron chi connectivity index (χ1n) is 6.37. The maximum Gasteiger partial charge on any atom is 0.338 e. The molecule has 1 aliphatic heterocycles. The molecule has 1 aromatic rings. The summed E-state index contributed by atoms with van der Waals surface area (Å²) >= 11 is 0. The van der Waals surface area contributed by atoms with Crippen molar-refractivity contribution in [3.63, 3.8) is 0 Å². The Balaban J connectivity index is 2.19. The van der Waals surface area contributed by atoms with Crippen LogP contribution in [0.2, 0.25) is 0 Å². The Labute approximate surface area is 122 Å². The number of esters is 1. The van der Waals surface area contributed by atoms with Crippen LogP contribution in [0, 0.1) is 18.7 Å². The topological polar surface area (TPSA) is 95.7 Å². The lowest BCUT2D eigenvalue weighted by Gasteiger charge is -2.11. The molecule has 1 fully saturated rings. The van der Waals surface area contributed by atoms with E-state index in [1.54, 1.807) is 0 Å². The van der Waals surface area contributed by atoms with Gasteiger partial charge in [0, 0.05) is 18.1 Å². The number of ether oxygens (including phenoxy) is 2. The molecule has 6 nitrogen and oxygen atoms in total. The predicted octanol–water partition coefficient (Wildman–Crippen LogP) is 0.975. The van der Waals surface area contributed by atoms with Crippen molar-refractivity contribution < 1.29 is 27.1 Å². The maximum atomic E-state index is 13.7. The maximum absolute atomic E-state index is 13.7. The lowest BCUT2D eigenvalue weighted by Crippen LogP contribution is -2.18. The molecule has 0 radical (unpaired) electrons. The highest BCUT2D eigenvalue weighted by molar-refractivity contribution is 7.89. The summed E-state index contributed by atoms with van der Waals surface area (Å²) in [7, 11) is -4.11. The fourth-order valence-corrected chi connectivity index (χ4v) is 2.87. The molecule has 1 aromatic carbocycles. The van der Waals surface area contributed by atoms with Gasteiger partial charge in [0.05, 0.1) is 23.7 Å². The van der Waals surface area contributed by atoms with Gasteiger partial charge in [-0.2, -0.15) is 0 Å². The van der Waals surface area contributed by atoms with Crippen LogP contribution >= 0.6 is 0 Å². The van der Waals surface area contributed by atoms with Crippen molar-refractivity contribution in [1.82, 2.24) is 0 Å². The average Bonchev–Trinajstić information content (AvgIpc) is 2.90. The second-order valence-corrected chi connectivity index (χ2v) is 6.48. The Morgan fingerprint density at radius 3 is 2.81 bits per heavy atom. The SMILES string of the molecule is Cc1c(F)cc(C(=O)OCC2CCOC2)cc1S(N)(=O)=O. The second kappa shape index (κ2) is 6.08. The quantitative estimate of drug-likeness (QED) is 0.835. The van der Waals surface area contributed by atoms with E-state index in [1.165, 1.54) is 6.92 Å². The number of rotatable bonds is 4. The highest BCUT2D eigenvalue weighted by Gasteiger charge is 2.22. The van der Waals surface area contributed by atoms with E-state index >= 15 is 0 Å². The smallest absolute Gasteiger partial charge is 0.338 e. The third-order valence-corrected chi connectivity index (χ3v) is 4.35. The van der Waals surface area contributed by atoms with Crippen LogP contribution in [-0.2, 0) is 19.5 Å². The summed E-state index contributed by atoms with van der Waals surface area (Å²) in [5, 5.41) is 5.01. The molecule has 116 valence electrons. The third kappa shape index (κ3) is 3.78. The molecule has 2 N–H and O–H groups in total. The van der Waals surface area contributed by atoms with Crippen molar-refractivity contribution in [1.29, 1.82) is 0 Å². The number of nitrogens with two attached hydrogens (primary N) is 1. The first-order valence-corrected chi connectivity index (χ1v) is 7.91. The molecule has 0 bridgehead atoms. The number of carbonyl (C=O) groups is 1. The van der Waals surface area contributed by atoms with Gasteiger partial charge in [-0.05, 0) is 25.5 Å². The third-order valence-electron chi connectivity index (χ3n) is 3.31. The molecule has 1 aliphatic rings. The van der Waals surface area contributed by atoms with Crippen molar-refractivity contribution in [2.24, 2.45) is 11.1 Å². The lowest BCUT2D eigenvalue weighted by atomic mass is 10.1. The van der Waals surface area contributed by atoms with Crippen LogP contribution in [0.25, 0.3) is 0 Å². The molecule has 0 aromatic heterocycles. The normalized spacial score (nSPS) is 18.7. The van der Waals surface area contributed by atoms with E-state index in [2.05, 4.69) is 0 Å². The van der Waals surface area contributed by atoms with Crippen molar-refractivity contribution in [2.45, 2.75) is 18.2 Å². The van der Waals surface area contributed by atoms with Gasteiger partial charge in [0.25, 0.3) is 0 Å². The molecule has 1 atom stereocenters. The standard InChI is InChI=1S/C13H16FNO5S/c1-8-11(14)4-10(5-12(8)21(15,17)18)13(16)20-7-9-2-3-19-6-9/h4-5,9H,2-3,6-7H2,1H3,(H2,15,17,18). The van der Waals surface area contributed by atoms with Crippen molar-refractivity contribution in [3.05, 3.63) is 29.1 Å². The molecule has 0 spiro atoms. The Bertz CT molecular complexity index is 653. The van der Waals surface area contributed by atoms with Gasteiger partial charge in [-0.15, -0.1) is 0 Å². The first-order chi connectivity index (χ1) is 9.79. The average molecular weight is 317 g/mol. The summed E-state index contributed by atoms with van der Waals surface area (Å²) in [6.45, 7) is 2.56. The number of carbonyl (C=O) groups excluding carboxylic acids is 1. The van der Waals surface area contributed by atoms with Gasteiger partial charge in [-0.1, -0.05) is 0 Å². The largest absolute Gasteiger partial charge is 0.462 e. The highest BCUT2D eigenvalue weighted by Crippen LogP contribution is 2.21. The van der Waals surface area contributed by atoms with Crippen molar-refractivity contribution >= 4 is 16.0 Å². The van der Waals surface area contributed by atoms with E-state index in [4.69, 9.17) is 14.6 Å². The van der Waals surface area contributed by atoms with Crippen LogP contribution in [-0.4, -0.2) is 34.2 Å². The monoisotopic (exact) mass is 317 g/mol. The van der Waals surface area contributed by atoms with Gasteiger partial charge < -0.3 is 9.47 Å². The fraction of sp³-hybridized carbons (Fsp3) is 0.462. The molecule has 2 rings (SSSR count). The number of sulfonamides is 1.